The Hall–Kier alpha value is -2.73. The molecule has 36 heavy (non-hydrogen) atoms. The lowest BCUT2D eigenvalue weighted by atomic mass is 9.48. The van der Waals surface area contributed by atoms with Gasteiger partial charge in [-0.15, -0.1) is 0 Å². The van der Waals surface area contributed by atoms with Crippen molar-refractivity contribution in [2.45, 2.75) is 64.1 Å². The second-order valence-corrected chi connectivity index (χ2v) is 10.9. The van der Waals surface area contributed by atoms with Gasteiger partial charge in [-0.3, -0.25) is 4.79 Å². The molecule has 190 valence electrons. The van der Waals surface area contributed by atoms with Crippen LogP contribution in [0.2, 0.25) is 0 Å². The summed E-state index contributed by atoms with van der Waals surface area (Å²) in [6.07, 6.45) is 0.0394. The number of aliphatic hydroxyl groups excluding tert-OH is 1. The third-order valence-corrected chi connectivity index (χ3v) is 8.67. The molecule has 0 amide bonds. The normalized spacial score (nSPS) is 27.8. The summed E-state index contributed by atoms with van der Waals surface area (Å²) < 4.78 is 54.4. The lowest BCUT2D eigenvalue weighted by molar-refractivity contribution is -0.114. The zero-order chi connectivity index (χ0) is 25.8. The van der Waals surface area contributed by atoms with E-state index in [-0.39, 0.29) is 30.0 Å². The van der Waals surface area contributed by atoms with Gasteiger partial charge in [-0.05, 0) is 95.4 Å². The van der Waals surface area contributed by atoms with Crippen LogP contribution < -0.4 is 0 Å². The molecular formula is C30H30F4O2. The molecule has 5 rings (SSSR count). The first kappa shape index (κ1) is 24.9. The van der Waals surface area contributed by atoms with Gasteiger partial charge in [-0.2, -0.15) is 13.2 Å². The van der Waals surface area contributed by atoms with Crippen LogP contribution in [-0.4, -0.2) is 17.6 Å². The number of hydrogen-bond acceptors (Lipinski definition) is 2. The van der Waals surface area contributed by atoms with Crippen LogP contribution >= 0.6 is 0 Å². The van der Waals surface area contributed by atoms with Crippen molar-refractivity contribution in [3.8, 4) is 11.1 Å². The fraction of sp³-hybridized carbons (Fsp3) is 0.433. The molecule has 0 radical (unpaired) electrons. The van der Waals surface area contributed by atoms with Crippen molar-refractivity contribution >= 4 is 6.29 Å². The van der Waals surface area contributed by atoms with Crippen LogP contribution in [-0.2, 0) is 11.2 Å². The standard InChI is InChI=1S/C30H30F4O2/c1-17(2)19-11-21-12-20(14-27(36)28(21)25(13-19)18-3-7-24(31)8-4-18)26-9-10-29(26)15-22(30(32,33)34)5-6-23(29)16-35/h3-8,11,13,16-17,20,26-27,36H,9-10,12,14-15H2,1-2H3/t20?,26?,27-,29?/m0/s1. The third-order valence-electron chi connectivity index (χ3n) is 8.67. The van der Waals surface area contributed by atoms with E-state index >= 15 is 0 Å². The Kier molecular flexibility index (Phi) is 6.22. The Balaban J connectivity index is 1.53. The van der Waals surface area contributed by atoms with E-state index in [2.05, 4.69) is 26.0 Å². The fourth-order valence-electron chi connectivity index (χ4n) is 6.71. The second-order valence-electron chi connectivity index (χ2n) is 10.9. The Morgan fingerprint density at radius 1 is 1.11 bits per heavy atom. The molecule has 0 saturated heterocycles. The molecule has 2 aromatic rings. The smallest absolute Gasteiger partial charge is 0.388 e. The number of aldehydes is 1. The van der Waals surface area contributed by atoms with Gasteiger partial charge in [0.15, 0.2) is 0 Å². The minimum atomic E-state index is -4.42. The summed E-state index contributed by atoms with van der Waals surface area (Å²) in [6, 6.07) is 10.4. The van der Waals surface area contributed by atoms with Gasteiger partial charge in [-0.25, -0.2) is 4.39 Å². The third kappa shape index (κ3) is 4.13. The van der Waals surface area contributed by atoms with Crippen LogP contribution in [0.1, 0.15) is 68.2 Å². The number of rotatable bonds is 4. The van der Waals surface area contributed by atoms with Crippen molar-refractivity contribution in [1.82, 2.24) is 0 Å². The van der Waals surface area contributed by atoms with Crippen molar-refractivity contribution in [3.63, 3.8) is 0 Å². The SMILES string of the molecule is CC(C)c1cc2c(c(-c3ccc(F)cc3)c1)[C@@H](O)CC(C1CCC13CC(C(F)(F)F)=CC=C3C=O)C2. The van der Waals surface area contributed by atoms with Gasteiger partial charge in [-0.1, -0.05) is 50.3 Å². The largest absolute Gasteiger partial charge is 0.412 e. The monoisotopic (exact) mass is 498 g/mol. The summed E-state index contributed by atoms with van der Waals surface area (Å²) >= 11 is 0. The first-order valence-electron chi connectivity index (χ1n) is 12.6. The van der Waals surface area contributed by atoms with E-state index in [1.54, 1.807) is 12.1 Å². The zero-order valence-corrected chi connectivity index (χ0v) is 20.4. The quantitative estimate of drug-likeness (QED) is 0.348. The number of carbonyl (C=O) groups excluding carboxylic acids is 1. The fourth-order valence-corrected chi connectivity index (χ4v) is 6.71. The molecule has 1 spiro atoms. The van der Waals surface area contributed by atoms with Gasteiger partial charge < -0.3 is 5.11 Å². The first-order valence-corrected chi connectivity index (χ1v) is 12.6. The number of benzene rings is 2. The van der Waals surface area contributed by atoms with Gasteiger partial charge in [0.2, 0.25) is 0 Å². The van der Waals surface area contributed by atoms with Crippen molar-refractivity contribution in [2.24, 2.45) is 17.3 Å². The van der Waals surface area contributed by atoms with E-state index in [1.165, 1.54) is 18.2 Å². The molecule has 3 aliphatic carbocycles. The number of allylic oxidation sites excluding steroid dienone is 4. The molecule has 0 bridgehead atoms. The van der Waals surface area contributed by atoms with Gasteiger partial charge >= 0.3 is 6.18 Å². The lowest BCUT2D eigenvalue weighted by Gasteiger charge is -2.56. The number of alkyl halides is 3. The number of halogens is 4. The highest BCUT2D eigenvalue weighted by atomic mass is 19.4. The molecule has 4 atom stereocenters. The van der Waals surface area contributed by atoms with E-state index in [0.717, 1.165) is 40.3 Å². The zero-order valence-electron chi connectivity index (χ0n) is 20.4. The van der Waals surface area contributed by atoms with Crippen LogP contribution in [0.3, 0.4) is 0 Å². The molecule has 0 aliphatic heterocycles. The van der Waals surface area contributed by atoms with Gasteiger partial charge in [0.25, 0.3) is 0 Å². The minimum absolute atomic E-state index is 0.0411. The van der Waals surface area contributed by atoms with Crippen LogP contribution in [0.4, 0.5) is 17.6 Å². The van der Waals surface area contributed by atoms with Gasteiger partial charge in [0.05, 0.1) is 6.10 Å². The van der Waals surface area contributed by atoms with Crippen LogP contribution in [0, 0.1) is 23.1 Å². The molecular weight excluding hydrogens is 468 g/mol. The molecule has 2 aromatic carbocycles. The Labute approximate surface area is 208 Å². The Morgan fingerprint density at radius 3 is 2.42 bits per heavy atom. The maximum atomic E-state index is 13.6. The Morgan fingerprint density at radius 2 is 1.83 bits per heavy atom. The summed E-state index contributed by atoms with van der Waals surface area (Å²) in [7, 11) is 0. The predicted octanol–water partition coefficient (Wildman–Crippen LogP) is 7.63. The number of fused-ring (bicyclic) bond motifs is 1. The molecule has 1 fully saturated rings. The van der Waals surface area contributed by atoms with Gasteiger partial charge in [0, 0.05) is 11.0 Å². The molecule has 0 heterocycles. The van der Waals surface area contributed by atoms with Gasteiger partial charge in [0.1, 0.15) is 12.1 Å². The molecule has 6 heteroatoms. The second kappa shape index (κ2) is 8.98. The summed E-state index contributed by atoms with van der Waals surface area (Å²) in [5.41, 5.74) is 3.64. The highest BCUT2D eigenvalue weighted by Gasteiger charge is 2.56. The predicted molar refractivity (Wildman–Crippen MR) is 131 cm³/mol. The van der Waals surface area contributed by atoms with Crippen LogP contribution in [0.5, 0.6) is 0 Å². The Bertz CT molecular complexity index is 1240. The minimum Gasteiger partial charge on any atom is -0.388 e. The number of hydrogen-bond donors (Lipinski definition) is 1. The topological polar surface area (TPSA) is 37.3 Å². The maximum Gasteiger partial charge on any atom is 0.412 e. The summed E-state index contributed by atoms with van der Waals surface area (Å²) in [6.45, 7) is 4.17. The number of carbonyl (C=O) groups is 1. The average Bonchev–Trinajstić information content (AvgIpc) is 2.82. The molecule has 3 unspecified atom stereocenters. The lowest BCUT2D eigenvalue weighted by Crippen LogP contribution is -2.49. The van der Waals surface area contributed by atoms with E-state index < -0.39 is 23.3 Å². The molecule has 1 N–H and O–H groups in total. The summed E-state index contributed by atoms with van der Waals surface area (Å²) in [4.78, 5) is 11.9. The van der Waals surface area contributed by atoms with Crippen LogP contribution in [0.25, 0.3) is 11.1 Å². The van der Waals surface area contributed by atoms with E-state index in [0.29, 0.717) is 31.1 Å². The number of aliphatic hydroxyl groups is 1. The van der Waals surface area contributed by atoms with Crippen molar-refractivity contribution in [3.05, 3.63) is 82.2 Å². The molecule has 2 nitrogen and oxygen atoms in total. The molecule has 1 saturated carbocycles. The summed E-state index contributed by atoms with van der Waals surface area (Å²) in [5, 5.41) is 11.4. The maximum absolute atomic E-state index is 13.6. The van der Waals surface area contributed by atoms with Crippen molar-refractivity contribution < 1.29 is 27.5 Å². The highest BCUT2D eigenvalue weighted by molar-refractivity contribution is 5.78. The first-order chi connectivity index (χ1) is 17.0. The van der Waals surface area contributed by atoms with E-state index in [1.807, 2.05) is 0 Å². The van der Waals surface area contributed by atoms with Crippen LogP contribution in [0.15, 0.2) is 59.7 Å². The van der Waals surface area contributed by atoms with Crippen molar-refractivity contribution in [1.29, 1.82) is 0 Å². The summed E-state index contributed by atoms with van der Waals surface area (Å²) in [5.74, 6) is -0.257. The molecule has 0 aromatic heterocycles. The van der Waals surface area contributed by atoms with E-state index in [9.17, 15) is 27.5 Å². The average molecular weight is 499 g/mol. The van der Waals surface area contributed by atoms with E-state index in [4.69, 9.17) is 0 Å². The molecule has 3 aliphatic rings. The highest BCUT2D eigenvalue weighted by Crippen LogP contribution is 2.62. The van der Waals surface area contributed by atoms with Crippen molar-refractivity contribution in [2.75, 3.05) is 0 Å².